The number of benzene rings is 2. The first kappa shape index (κ1) is 19.9. The average molecular weight is 368 g/mol. The van der Waals surface area contributed by atoms with Gasteiger partial charge in [-0.25, -0.2) is 0 Å². The van der Waals surface area contributed by atoms with E-state index in [0.29, 0.717) is 5.92 Å². The zero-order valence-electron chi connectivity index (χ0n) is 17.1. The molecule has 0 radical (unpaired) electrons. The van der Waals surface area contributed by atoms with E-state index in [2.05, 4.69) is 68.4 Å². The first-order chi connectivity index (χ1) is 12.9. The molecule has 3 unspecified atom stereocenters. The molecule has 146 valence electrons. The third kappa shape index (κ3) is 4.72. The van der Waals surface area contributed by atoms with Crippen LogP contribution in [0, 0.1) is 18.8 Å². The first-order valence-electron chi connectivity index (χ1n) is 9.98. The van der Waals surface area contributed by atoms with Gasteiger partial charge in [0.15, 0.2) is 0 Å². The van der Waals surface area contributed by atoms with E-state index >= 15 is 0 Å². The van der Waals surface area contributed by atoms with Gasteiger partial charge in [0, 0.05) is 12.5 Å². The Morgan fingerprint density at radius 1 is 1.15 bits per heavy atom. The van der Waals surface area contributed by atoms with Crippen molar-refractivity contribution < 1.29 is 9.84 Å². The highest BCUT2D eigenvalue weighted by atomic mass is 16.5. The second-order valence-electron chi connectivity index (χ2n) is 8.45. The number of hydrogen-bond donors (Lipinski definition) is 1. The minimum Gasteiger partial charge on any atom is -0.497 e. The fourth-order valence-electron chi connectivity index (χ4n) is 4.62. The SMILES string of the molecule is COc1cccc(CC2CCC(O)(c3cccc(C)c3)C(CN(C)C)C2)c1. The normalized spacial score (nSPS) is 25.6. The quantitative estimate of drug-likeness (QED) is 0.821. The van der Waals surface area contributed by atoms with E-state index in [1.165, 1.54) is 11.1 Å². The van der Waals surface area contributed by atoms with Gasteiger partial charge in [0.05, 0.1) is 12.7 Å². The molecule has 1 fully saturated rings. The molecule has 0 bridgehead atoms. The number of aliphatic hydroxyl groups is 1. The fraction of sp³-hybridized carbons (Fsp3) is 0.500. The van der Waals surface area contributed by atoms with Crippen molar-refractivity contribution in [2.45, 2.75) is 38.2 Å². The highest BCUT2D eigenvalue weighted by molar-refractivity contribution is 5.30. The lowest BCUT2D eigenvalue weighted by Gasteiger charge is -2.45. The van der Waals surface area contributed by atoms with Crippen molar-refractivity contribution in [2.24, 2.45) is 11.8 Å². The lowest BCUT2D eigenvalue weighted by molar-refractivity contribution is -0.0752. The van der Waals surface area contributed by atoms with E-state index in [4.69, 9.17) is 4.74 Å². The van der Waals surface area contributed by atoms with Gasteiger partial charge < -0.3 is 14.7 Å². The molecule has 1 aliphatic carbocycles. The van der Waals surface area contributed by atoms with Gasteiger partial charge in [0.1, 0.15) is 5.75 Å². The first-order valence-corrected chi connectivity index (χ1v) is 9.98. The molecule has 0 saturated heterocycles. The van der Waals surface area contributed by atoms with Crippen molar-refractivity contribution in [2.75, 3.05) is 27.7 Å². The van der Waals surface area contributed by atoms with Gasteiger partial charge >= 0.3 is 0 Å². The van der Waals surface area contributed by atoms with Crippen LogP contribution in [0.15, 0.2) is 48.5 Å². The Morgan fingerprint density at radius 3 is 2.63 bits per heavy atom. The van der Waals surface area contributed by atoms with E-state index in [-0.39, 0.29) is 5.92 Å². The topological polar surface area (TPSA) is 32.7 Å². The summed E-state index contributed by atoms with van der Waals surface area (Å²) in [5.41, 5.74) is 2.88. The molecule has 3 rings (SSSR count). The van der Waals surface area contributed by atoms with Gasteiger partial charge in [-0.2, -0.15) is 0 Å². The Bertz CT molecular complexity index is 758. The molecule has 0 spiro atoms. The molecule has 2 aromatic carbocycles. The summed E-state index contributed by atoms with van der Waals surface area (Å²) in [5.74, 6) is 1.75. The number of nitrogens with zero attached hydrogens (tertiary/aromatic N) is 1. The Labute approximate surface area is 164 Å². The third-order valence-electron chi connectivity index (χ3n) is 5.99. The summed E-state index contributed by atoms with van der Waals surface area (Å²) < 4.78 is 5.37. The van der Waals surface area contributed by atoms with E-state index in [0.717, 1.165) is 43.5 Å². The largest absolute Gasteiger partial charge is 0.497 e. The summed E-state index contributed by atoms with van der Waals surface area (Å²) in [6.07, 6.45) is 3.96. The molecule has 0 amide bonds. The summed E-state index contributed by atoms with van der Waals surface area (Å²) >= 11 is 0. The van der Waals surface area contributed by atoms with Crippen molar-refractivity contribution in [3.63, 3.8) is 0 Å². The maximum atomic E-state index is 11.7. The molecule has 27 heavy (non-hydrogen) atoms. The maximum absolute atomic E-state index is 11.7. The molecule has 1 saturated carbocycles. The van der Waals surface area contributed by atoms with Gasteiger partial charge in [0.2, 0.25) is 0 Å². The summed E-state index contributed by atoms with van der Waals surface area (Å²) in [5, 5.41) is 11.7. The number of rotatable bonds is 6. The van der Waals surface area contributed by atoms with Crippen LogP contribution in [-0.2, 0) is 12.0 Å². The predicted molar refractivity (Wildman–Crippen MR) is 111 cm³/mol. The van der Waals surface area contributed by atoms with Gasteiger partial charge in [-0.05, 0) is 75.9 Å². The highest BCUT2D eigenvalue weighted by Gasteiger charge is 2.43. The van der Waals surface area contributed by atoms with Crippen molar-refractivity contribution in [1.29, 1.82) is 0 Å². The lowest BCUT2D eigenvalue weighted by atomic mass is 9.66. The van der Waals surface area contributed by atoms with Gasteiger partial charge in [-0.15, -0.1) is 0 Å². The molecule has 0 aromatic heterocycles. The molecular weight excluding hydrogens is 334 g/mol. The fourth-order valence-corrected chi connectivity index (χ4v) is 4.62. The van der Waals surface area contributed by atoms with Crippen LogP contribution >= 0.6 is 0 Å². The molecule has 3 atom stereocenters. The van der Waals surface area contributed by atoms with Crippen LogP contribution in [0.3, 0.4) is 0 Å². The van der Waals surface area contributed by atoms with Crippen LogP contribution in [0.4, 0.5) is 0 Å². The third-order valence-corrected chi connectivity index (χ3v) is 5.99. The number of aryl methyl sites for hydroxylation is 1. The predicted octanol–water partition coefficient (Wildman–Crippen LogP) is 4.41. The van der Waals surface area contributed by atoms with E-state index < -0.39 is 5.60 Å². The molecule has 1 aliphatic rings. The Hall–Kier alpha value is -1.84. The van der Waals surface area contributed by atoms with E-state index in [9.17, 15) is 5.11 Å². The molecule has 1 N–H and O–H groups in total. The van der Waals surface area contributed by atoms with Crippen molar-refractivity contribution >= 4 is 0 Å². The zero-order chi connectivity index (χ0) is 19.4. The molecule has 2 aromatic rings. The average Bonchev–Trinajstić information content (AvgIpc) is 2.64. The number of ether oxygens (including phenoxy) is 1. The van der Waals surface area contributed by atoms with Crippen LogP contribution in [0.1, 0.15) is 36.0 Å². The molecule has 0 aliphatic heterocycles. The second kappa shape index (κ2) is 8.45. The zero-order valence-corrected chi connectivity index (χ0v) is 17.1. The van der Waals surface area contributed by atoms with Crippen LogP contribution in [0.25, 0.3) is 0 Å². The smallest absolute Gasteiger partial charge is 0.119 e. The van der Waals surface area contributed by atoms with Crippen LogP contribution in [0.2, 0.25) is 0 Å². The van der Waals surface area contributed by atoms with Gasteiger partial charge in [-0.1, -0.05) is 42.0 Å². The summed E-state index contributed by atoms with van der Waals surface area (Å²) in [4.78, 5) is 2.21. The second-order valence-corrected chi connectivity index (χ2v) is 8.45. The highest BCUT2D eigenvalue weighted by Crippen LogP contribution is 2.45. The van der Waals surface area contributed by atoms with Crippen LogP contribution in [-0.4, -0.2) is 37.8 Å². The molecular formula is C24H33NO2. The summed E-state index contributed by atoms with van der Waals surface area (Å²) in [7, 11) is 5.92. The Balaban J connectivity index is 1.79. The van der Waals surface area contributed by atoms with Crippen molar-refractivity contribution in [3.05, 3.63) is 65.2 Å². The monoisotopic (exact) mass is 367 g/mol. The minimum atomic E-state index is -0.735. The van der Waals surface area contributed by atoms with Gasteiger partial charge in [0.25, 0.3) is 0 Å². The minimum absolute atomic E-state index is 0.235. The van der Waals surface area contributed by atoms with Crippen LogP contribution < -0.4 is 4.74 Å². The number of hydrogen-bond acceptors (Lipinski definition) is 3. The Morgan fingerprint density at radius 2 is 1.93 bits per heavy atom. The van der Waals surface area contributed by atoms with Crippen LogP contribution in [0.5, 0.6) is 5.75 Å². The molecule has 0 heterocycles. The Kier molecular flexibility index (Phi) is 6.23. The van der Waals surface area contributed by atoms with Crippen molar-refractivity contribution in [3.8, 4) is 5.75 Å². The standard InChI is InChI=1S/C24H33NO2/c1-18-7-5-9-21(13-18)24(26)12-11-20(15-22(24)17-25(2)3)14-19-8-6-10-23(16-19)27-4/h5-10,13,16,20,22,26H,11-12,14-15,17H2,1-4H3. The molecule has 3 heteroatoms. The van der Waals surface area contributed by atoms with Crippen molar-refractivity contribution in [1.82, 2.24) is 4.90 Å². The van der Waals surface area contributed by atoms with E-state index in [1.54, 1.807) is 7.11 Å². The summed E-state index contributed by atoms with van der Waals surface area (Å²) in [6, 6.07) is 16.8. The summed E-state index contributed by atoms with van der Waals surface area (Å²) in [6.45, 7) is 3.00. The van der Waals surface area contributed by atoms with Gasteiger partial charge in [-0.3, -0.25) is 0 Å². The van der Waals surface area contributed by atoms with E-state index in [1.807, 2.05) is 6.07 Å². The molecule has 3 nitrogen and oxygen atoms in total. The number of methoxy groups -OCH3 is 1. The lowest BCUT2D eigenvalue weighted by Crippen LogP contribution is -2.45. The maximum Gasteiger partial charge on any atom is 0.119 e.